The second-order valence-corrected chi connectivity index (χ2v) is 6.01. The fraction of sp³-hybridized carbons (Fsp3) is 0.211. The van der Waals surface area contributed by atoms with E-state index >= 15 is 0 Å². The number of ether oxygens (including phenoxy) is 4. The van der Waals surface area contributed by atoms with Gasteiger partial charge < -0.3 is 23.4 Å². The summed E-state index contributed by atoms with van der Waals surface area (Å²) in [6.07, 6.45) is 3.07. The quantitative estimate of drug-likeness (QED) is 0.418. The van der Waals surface area contributed by atoms with Crippen LogP contribution in [0.2, 0.25) is 0 Å². The van der Waals surface area contributed by atoms with Gasteiger partial charge in [-0.1, -0.05) is 0 Å². The first-order valence-corrected chi connectivity index (χ1v) is 8.72. The van der Waals surface area contributed by atoms with Crippen LogP contribution < -0.4 is 14.2 Å². The predicted octanol–water partition coefficient (Wildman–Crippen LogP) is 2.16. The van der Waals surface area contributed by atoms with Crippen molar-refractivity contribution in [2.45, 2.75) is 6.61 Å². The van der Waals surface area contributed by atoms with Crippen molar-refractivity contribution in [2.24, 2.45) is 0 Å². The van der Waals surface area contributed by atoms with Crippen molar-refractivity contribution in [2.75, 3.05) is 21.3 Å². The molecule has 11 heteroatoms. The summed E-state index contributed by atoms with van der Waals surface area (Å²) in [6.45, 7) is -0.184. The van der Waals surface area contributed by atoms with Gasteiger partial charge in [0.2, 0.25) is 11.6 Å². The Morgan fingerprint density at radius 2 is 1.80 bits per heavy atom. The fourth-order valence-corrected chi connectivity index (χ4v) is 2.79. The van der Waals surface area contributed by atoms with Crippen molar-refractivity contribution in [3.05, 3.63) is 48.2 Å². The molecule has 154 valence electrons. The minimum Gasteiger partial charge on any atom is -0.493 e. The molecule has 0 amide bonds. The van der Waals surface area contributed by atoms with E-state index in [1.807, 2.05) is 0 Å². The Kier molecular flexibility index (Phi) is 5.16. The Labute approximate surface area is 170 Å². The third-order valence-electron chi connectivity index (χ3n) is 4.23. The largest absolute Gasteiger partial charge is 0.493 e. The number of fused-ring (bicyclic) bond motifs is 1. The average molecular weight is 411 g/mol. The van der Waals surface area contributed by atoms with Gasteiger partial charge in [0.15, 0.2) is 23.8 Å². The van der Waals surface area contributed by atoms with Crippen LogP contribution in [-0.4, -0.2) is 52.1 Å². The van der Waals surface area contributed by atoms with Gasteiger partial charge in [-0.05, 0) is 24.3 Å². The lowest BCUT2D eigenvalue weighted by Crippen LogP contribution is -2.06. The van der Waals surface area contributed by atoms with Crippen molar-refractivity contribution >= 4 is 11.6 Å². The summed E-state index contributed by atoms with van der Waals surface area (Å²) in [5, 5.41) is 15.6. The van der Waals surface area contributed by atoms with Crippen molar-refractivity contribution in [3.63, 3.8) is 0 Å². The normalized spacial score (nSPS) is 10.8. The summed E-state index contributed by atoms with van der Waals surface area (Å²) in [6, 6.07) is 6.62. The van der Waals surface area contributed by atoms with Gasteiger partial charge >= 0.3 is 5.97 Å². The third-order valence-corrected chi connectivity index (χ3v) is 4.23. The molecule has 0 aliphatic rings. The smallest absolute Gasteiger partial charge is 0.340 e. The highest BCUT2D eigenvalue weighted by molar-refractivity contribution is 5.89. The first kappa shape index (κ1) is 19.2. The molecule has 0 fully saturated rings. The third kappa shape index (κ3) is 3.60. The lowest BCUT2D eigenvalue weighted by molar-refractivity contribution is 0.0438. The van der Waals surface area contributed by atoms with Gasteiger partial charge in [-0.15, -0.1) is 20.4 Å². The Hall–Kier alpha value is -4.15. The Bertz CT molecular complexity index is 1180. The molecule has 4 rings (SSSR count). The monoisotopic (exact) mass is 411 g/mol. The molecule has 1 aromatic carbocycles. The molecule has 0 bridgehead atoms. The summed E-state index contributed by atoms with van der Waals surface area (Å²) >= 11 is 0. The van der Waals surface area contributed by atoms with Crippen LogP contribution in [0.5, 0.6) is 17.2 Å². The predicted molar refractivity (Wildman–Crippen MR) is 101 cm³/mol. The standard InChI is InChI=1S/C19H17N5O6/c1-26-13-6-12(7-14(27-2)17(13)28-3)18-23-22-16(30-18)9-29-19(25)11-4-5-15-21-20-10-24(15)8-11/h4-8,10H,9H2,1-3H3. The number of carbonyl (C=O) groups is 1. The van der Waals surface area contributed by atoms with Gasteiger partial charge in [-0.2, -0.15) is 0 Å². The van der Waals surface area contributed by atoms with Crippen LogP contribution in [0.15, 0.2) is 41.2 Å². The number of pyridine rings is 1. The van der Waals surface area contributed by atoms with E-state index in [1.165, 1.54) is 27.7 Å². The van der Waals surface area contributed by atoms with Crippen LogP contribution >= 0.6 is 0 Å². The molecule has 0 unspecified atom stereocenters. The molecule has 0 radical (unpaired) electrons. The number of esters is 1. The van der Waals surface area contributed by atoms with Gasteiger partial charge in [0, 0.05) is 11.8 Å². The van der Waals surface area contributed by atoms with Crippen molar-refractivity contribution in [1.82, 2.24) is 24.8 Å². The molecule has 0 atom stereocenters. The molecule has 0 saturated carbocycles. The lowest BCUT2D eigenvalue weighted by Gasteiger charge is -2.12. The Morgan fingerprint density at radius 1 is 1.03 bits per heavy atom. The highest BCUT2D eigenvalue weighted by Gasteiger charge is 2.18. The number of aromatic nitrogens is 5. The zero-order chi connectivity index (χ0) is 21.1. The number of nitrogens with zero attached hydrogens (tertiary/aromatic N) is 5. The maximum absolute atomic E-state index is 12.3. The number of methoxy groups -OCH3 is 3. The van der Waals surface area contributed by atoms with E-state index in [-0.39, 0.29) is 18.4 Å². The van der Waals surface area contributed by atoms with Crippen LogP contribution in [0.4, 0.5) is 0 Å². The first-order chi connectivity index (χ1) is 14.6. The molecule has 0 aliphatic heterocycles. The summed E-state index contributed by atoms with van der Waals surface area (Å²) in [7, 11) is 4.54. The molecule has 0 aliphatic carbocycles. The minimum atomic E-state index is -0.543. The van der Waals surface area contributed by atoms with Gasteiger partial charge in [-0.25, -0.2) is 4.79 Å². The van der Waals surface area contributed by atoms with Crippen molar-refractivity contribution < 1.29 is 28.2 Å². The highest BCUT2D eigenvalue weighted by Crippen LogP contribution is 2.40. The second-order valence-electron chi connectivity index (χ2n) is 6.01. The van der Waals surface area contributed by atoms with Gasteiger partial charge in [-0.3, -0.25) is 4.40 Å². The lowest BCUT2D eigenvalue weighted by atomic mass is 10.2. The number of benzene rings is 1. The summed E-state index contributed by atoms with van der Waals surface area (Å²) in [4.78, 5) is 12.3. The Balaban J connectivity index is 1.49. The van der Waals surface area contributed by atoms with E-state index in [1.54, 1.807) is 34.9 Å². The molecule has 4 aromatic rings. The maximum Gasteiger partial charge on any atom is 0.340 e. The zero-order valence-corrected chi connectivity index (χ0v) is 16.4. The SMILES string of the molecule is COc1cc(-c2nnc(COC(=O)c3ccc4nncn4c3)o2)cc(OC)c1OC. The van der Waals surface area contributed by atoms with Crippen LogP contribution in [0.1, 0.15) is 16.2 Å². The van der Waals surface area contributed by atoms with E-state index < -0.39 is 5.97 Å². The molecule has 3 aromatic heterocycles. The van der Waals surface area contributed by atoms with E-state index in [0.717, 1.165) is 0 Å². The second kappa shape index (κ2) is 8.07. The summed E-state index contributed by atoms with van der Waals surface area (Å²) < 4.78 is 28.4. The van der Waals surface area contributed by atoms with Crippen molar-refractivity contribution in [1.29, 1.82) is 0 Å². The van der Waals surface area contributed by atoms with Crippen LogP contribution in [0, 0.1) is 0 Å². The molecule has 0 spiro atoms. The first-order valence-electron chi connectivity index (χ1n) is 8.72. The van der Waals surface area contributed by atoms with E-state index in [0.29, 0.717) is 34.0 Å². The summed E-state index contributed by atoms with van der Waals surface area (Å²) in [5.74, 6) is 1.15. The fourth-order valence-electron chi connectivity index (χ4n) is 2.79. The van der Waals surface area contributed by atoms with E-state index in [4.69, 9.17) is 23.4 Å². The van der Waals surface area contributed by atoms with E-state index in [2.05, 4.69) is 20.4 Å². The van der Waals surface area contributed by atoms with Gasteiger partial charge in [0.1, 0.15) is 6.33 Å². The molecule has 3 heterocycles. The van der Waals surface area contributed by atoms with Gasteiger partial charge in [0.25, 0.3) is 5.89 Å². The maximum atomic E-state index is 12.3. The van der Waals surface area contributed by atoms with Crippen molar-refractivity contribution in [3.8, 4) is 28.7 Å². The van der Waals surface area contributed by atoms with Crippen LogP contribution in [0.3, 0.4) is 0 Å². The molecule has 11 nitrogen and oxygen atoms in total. The molecule has 0 N–H and O–H groups in total. The van der Waals surface area contributed by atoms with Gasteiger partial charge in [0.05, 0.1) is 26.9 Å². The molecular weight excluding hydrogens is 394 g/mol. The summed E-state index contributed by atoms with van der Waals surface area (Å²) in [5.41, 5.74) is 1.53. The molecule has 0 saturated heterocycles. The number of rotatable bonds is 7. The molecule has 30 heavy (non-hydrogen) atoms. The molecular formula is C19H17N5O6. The van der Waals surface area contributed by atoms with E-state index in [9.17, 15) is 4.79 Å². The Morgan fingerprint density at radius 3 is 2.50 bits per heavy atom. The average Bonchev–Trinajstić information content (AvgIpc) is 3.45. The topological polar surface area (TPSA) is 123 Å². The number of carbonyl (C=O) groups excluding carboxylic acids is 1. The van der Waals surface area contributed by atoms with Crippen LogP contribution in [0.25, 0.3) is 17.1 Å². The zero-order valence-electron chi connectivity index (χ0n) is 16.4. The van der Waals surface area contributed by atoms with Crippen LogP contribution in [-0.2, 0) is 11.3 Å². The number of hydrogen-bond acceptors (Lipinski definition) is 10. The number of hydrogen-bond donors (Lipinski definition) is 0. The highest BCUT2D eigenvalue weighted by atomic mass is 16.5. The minimum absolute atomic E-state index is 0.137.